The first-order valence-electron chi connectivity index (χ1n) is 4.57. The fourth-order valence-corrected chi connectivity index (χ4v) is 1.91. The van der Waals surface area contributed by atoms with E-state index in [1.165, 1.54) is 10.5 Å². The molecule has 0 radical (unpaired) electrons. The van der Waals surface area contributed by atoms with Crippen molar-refractivity contribution in [2.24, 2.45) is 0 Å². The van der Waals surface area contributed by atoms with E-state index < -0.39 is 0 Å². The highest BCUT2D eigenvalue weighted by Gasteiger charge is 2.10. The predicted molar refractivity (Wildman–Crippen MR) is 62.9 cm³/mol. The Hall–Kier alpha value is -1.42. The van der Waals surface area contributed by atoms with Gasteiger partial charge in [-0.1, -0.05) is 11.2 Å². The molecule has 2 rings (SSSR count). The van der Waals surface area contributed by atoms with Gasteiger partial charge in [-0.2, -0.15) is 0 Å². The van der Waals surface area contributed by atoms with E-state index >= 15 is 0 Å². The molecule has 0 amide bonds. The van der Waals surface area contributed by atoms with Crippen LogP contribution < -0.4 is 5.73 Å². The maximum Gasteiger partial charge on any atom is 0.229 e. The normalized spacial score (nSPS) is 10.5. The minimum atomic E-state index is 0.372. The molecule has 0 atom stereocenters. The summed E-state index contributed by atoms with van der Waals surface area (Å²) >= 11 is 1.70. The Morgan fingerprint density at radius 2 is 2.13 bits per heavy atom. The van der Waals surface area contributed by atoms with Gasteiger partial charge < -0.3 is 10.3 Å². The SMILES string of the molecule is CSc1ccc(C)c(-c2cnoc2N)c1. The molecular formula is C11H12N2OS. The lowest BCUT2D eigenvalue weighted by Gasteiger charge is -2.05. The van der Waals surface area contributed by atoms with E-state index in [0.717, 1.165) is 11.1 Å². The topological polar surface area (TPSA) is 52.0 Å². The van der Waals surface area contributed by atoms with E-state index in [9.17, 15) is 0 Å². The van der Waals surface area contributed by atoms with E-state index in [-0.39, 0.29) is 0 Å². The van der Waals surface area contributed by atoms with E-state index in [0.29, 0.717) is 5.88 Å². The Morgan fingerprint density at radius 1 is 1.33 bits per heavy atom. The monoisotopic (exact) mass is 220 g/mol. The average Bonchev–Trinajstić information content (AvgIpc) is 2.65. The van der Waals surface area contributed by atoms with Gasteiger partial charge in [-0.3, -0.25) is 0 Å². The Morgan fingerprint density at radius 3 is 2.73 bits per heavy atom. The third-order valence-corrected chi connectivity index (χ3v) is 3.06. The summed E-state index contributed by atoms with van der Waals surface area (Å²) in [5, 5.41) is 3.69. The Bertz CT molecular complexity index is 479. The Kier molecular flexibility index (Phi) is 2.68. The molecule has 0 unspecified atom stereocenters. The van der Waals surface area contributed by atoms with Gasteiger partial charge in [0.2, 0.25) is 5.88 Å². The number of benzene rings is 1. The summed E-state index contributed by atoms with van der Waals surface area (Å²) in [5.74, 6) is 0.372. The maximum absolute atomic E-state index is 5.70. The first kappa shape index (κ1) is 10.1. The lowest BCUT2D eigenvalue weighted by molar-refractivity contribution is 0.436. The van der Waals surface area contributed by atoms with Crippen molar-refractivity contribution < 1.29 is 4.52 Å². The Balaban J connectivity index is 2.56. The number of hydrogen-bond donors (Lipinski definition) is 1. The third-order valence-electron chi connectivity index (χ3n) is 2.33. The molecule has 2 aromatic rings. The van der Waals surface area contributed by atoms with Crippen LogP contribution in [0.25, 0.3) is 11.1 Å². The van der Waals surface area contributed by atoms with Crippen LogP contribution in [0.4, 0.5) is 5.88 Å². The van der Waals surface area contributed by atoms with E-state index in [4.69, 9.17) is 10.3 Å². The zero-order valence-electron chi connectivity index (χ0n) is 8.65. The molecule has 0 bridgehead atoms. The van der Waals surface area contributed by atoms with Crippen molar-refractivity contribution in [2.75, 3.05) is 12.0 Å². The molecule has 0 aliphatic carbocycles. The number of hydrogen-bond acceptors (Lipinski definition) is 4. The van der Waals surface area contributed by atoms with Crippen molar-refractivity contribution in [3.8, 4) is 11.1 Å². The number of aromatic nitrogens is 1. The van der Waals surface area contributed by atoms with Crippen molar-refractivity contribution >= 4 is 17.6 Å². The summed E-state index contributed by atoms with van der Waals surface area (Å²) in [7, 11) is 0. The Labute approximate surface area is 92.6 Å². The van der Waals surface area contributed by atoms with Crippen LogP contribution in [0.3, 0.4) is 0 Å². The molecule has 1 aromatic carbocycles. The summed E-state index contributed by atoms with van der Waals surface area (Å²) in [6.45, 7) is 2.05. The summed E-state index contributed by atoms with van der Waals surface area (Å²) in [4.78, 5) is 1.20. The number of rotatable bonds is 2. The second-order valence-electron chi connectivity index (χ2n) is 3.28. The average molecular weight is 220 g/mol. The molecule has 0 aliphatic heterocycles. The van der Waals surface area contributed by atoms with Gasteiger partial charge in [-0.15, -0.1) is 11.8 Å². The number of anilines is 1. The summed E-state index contributed by atoms with van der Waals surface area (Å²) in [6.07, 6.45) is 3.70. The highest BCUT2D eigenvalue weighted by atomic mass is 32.2. The molecule has 0 saturated carbocycles. The highest BCUT2D eigenvalue weighted by Crippen LogP contribution is 2.31. The first-order valence-corrected chi connectivity index (χ1v) is 5.80. The molecule has 0 fully saturated rings. The fraction of sp³-hybridized carbons (Fsp3) is 0.182. The number of nitrogens with zero attached hydrogens (tertiary/aromatic N) is 1. The molecule has 0 aliphatic rings. The molecule has 78 valence electrons. The van der Waals surface area contributed by atoms with Gasteiger partial charge in [0, 0.05) is 4.90 Å². The van der Waals surface area contributed by atoms with Crippen molar-refractivity contribution in [2.45, 2.75) is 11.8 Å². The highest BCUT2D eigenvalue weighted by molar-refractivity contribution is 7.98. The number of aryl methyl sites for hydroxylation is 1. The zero-order chi connectivity index (χ0) is 10.8. The number of thioether (sulfide) groups is 1. The molecule has 1 heterocycles. The third kappa shape index (κ3) is 1.85. The molecule has 15 heavy (non-hydrogen) atoms. The summed E-state index contributed by atoms with van der Waals surface area (Å²) < 4.78 is 4.87. The molecule has 0 spiro atoms. The maximum atomic E-state index is 5.70. The standard InChI is InChI=1S/C11H12N2OS/c1-7-3-4-8(15-2)5-9(7)10-6-13-14-11(10)12/h3-6H,12H2,1-2H3. The van der Waals surface area contributed by atoms with E-state index in [2.05, 4.69) is 23.4 Å². The van der Waals surface area contributed by atoms with Gasteiger partial charge in [0.15, 0.2) is 0 Å². The van der Waals surface area contributed by atoms with Crippen molar-refractivity contribution in [3.63, 3.8) is 0 Å². The molecular weight excluding hydrogens is 208 g/mol. The van der Waals surface area contributed by atoms with Crippen LogP contribution in [0.15, 0.2) is 33.8 Å². The van der Waals surface area contributed by atoms with Crippen LogP contribution in [-0.2, 0) is 0 Å². The van der Waals surface area contributed by atoms with Crippen LogP contribution in [0.2, 0.25) is 0 Å². The lowest BCUT2D eigenvalue weighted by Crippen LogP contribution is -1.88. The first-order chi connectivity index (χ1) is 7.22. The van der Waals surface area contributed by atoms with Crippen LogP contribution in [0.1, 0.15) is 5.56 Å². The second-order valence-corrected chi connectivity index (χ2v) is 4.16. The van der Waals surface area contributed by atoms with Crippen LogP contribution >= 0.6 is 11.8 Å². The van der Waals surface area contributed by atoms with Crippen LogP contribution in [0.5, 0.6) is 0 Å². The molecule has 3 nitrogen and oxygen atoms in total. The predicted octanol–water partition coefficient (Wildman–Crippen LogP) is 2.95. The summed E-state index contributed by atoms with van der Waals surface area (Å²) in [6, 6.07) is 6.27. The van der Waals surface area contributed by atoms with Gasteiger partial charge in [0.05, 0.1) is 11.8 Å². The van der Waals surface area contributed by atoms with Crippen LogP contribution in [0, 0.1) is 6.92 Å². The molecule has 4 heteroatoms. The van der Waals surface area contributed by atoms with Crippen LogP contribution in [-0.4, -0.2) is 11.4 Å². The minimum Gasteiger partial charge on any atom is -0.367 e. The summed E-state index contributed by atoms with van der Waals surface area (Å²) in [5.41, 5.74) is 8.81. The molecule has 0 saturated heterocycles. The van der Waals surface area contributed by atoms with E-state index in [1.807, 2.05) is 13.2 Å². The zero-order valence-corrected chi connectivity index (χ0v) is 9.47. The van der Waals surface area contributed by atoms with Crippen molar-refractivity contribution in [1.29, 1.82) is 0 Å². The quantitative estimate of drug-likeness (QED) is 0.790. The molecule has 1 aromatic heterocycles. The van der Waals surface area contributed by atoms with Gasteiger partial charge >= 0.3 is 0 Å². The largest absolute Gasteiger partial charge is 0.367 e. The fourth-order valence-electron chi connectivity index (χ4n) is 1.47. The second kappa shape index (κ2) is 3.98. The number of nitrogens with two attached hydrogens (primary N) is 1. The molecule has 2 N–H and O–H groups in total. The van der Waals surface area contributed by atoms with Gasteiger partial charge in [0.25, 0.3) is 0 Å². The van der Waals surface area contributed by atoms with E-state index in [1.54, 1.807) is 18.0 Å². The smallest absolute Gasteiger partial charge is 0.229 e. The number of nitrogen functional groups attached to an aromatic ring is 1. The minimum absolute atomic E-state index is 0.372. The van der Waals surface area contributed by atoms with Crippen molar-refractivity contribution in [3.05, 3.63) is 30.0 Å². The van der Waals surface area contributed by atoms with Gasteiger partial charge in [0.1, 0.15) is 0 Å². The van der Waals surface area contributed by atoms with Gasteiger partial charge in [-0.05, 0) is 36.4 Å². The lowest BCUT2D eigenvalue weighted by atomic mass is 10.0. The van der Waals surface area contributed by atoms with Gasteiger partial charge in [-0.25, -0.2) is 0 Å². The van der Waals surface area contributed by atoms with Crippen molar-refractivity contribution in [1.82, 2.24) is 5.16 Å².